The third-order valence-corrected chi connectivity index (χ3v) is 6.16. The molecule has 4 rings (SSSR count). The monoisotopic (exact) mass is 467 g/mol. The van der Waals surface area contributed by atoms with Crippen molar-refractivity contribution in [3.05, 3.63) is 71.3 Å². The van der Waals surface area contributed by atoms with E-state index in [2.05, 4.69) is 20.3 Å². The molecule has 0 spiro atoms. The second-order valence-electron chi connectivity index (χ2n) is 7.18. The fourth-order valence-electron chi connectivity index (χ4n) is 3.34. The van der Waals surface area contributed by atoms with Gasteiger partial charge in [0.25, 0.3) is 15.9 Å². The smallest absolute Gasteiger partial charge is 0.295 e. The summed E-state index contributed by atoms with van der Waals surface area (Å²) in [5, 5.41) is 11.2. The Hall–Kier alpha value is -4.17. The molecule has 1 amide bonds. The van der Waals surface area contributed by atoms with Crippen molar-refractivity contribution in [2.75, 3.05) is 4.72 Å². The number of hydrogen-bond acceptors (Lipinski definition) is 6. The van der Waals surface area contributed by atoms with Gasteiger partial charge in [0.2, 0.25) is 0 Å². The SMILES string of the molecule is C#CC(=O)NCc1ccn(Cc2cc(C)c3c(NS(=O)(=O)c4ccccc4F)noc3c2)n1. The van der Waals surface area contributed by atoms with E-state index < -0.39 is 26.6 Å². The summed E-state index contributed by atoms with van der Waals surface area (Å²) in [5.74, 6) is 0.563. The first-order chi connectivity index (χ1) is 15.8. The predicted molar refractivity (Wildman–Crippen MR) is 118 cm³/mol. The van der Waals surface area contributed by atoms with Crippen LogP contribution in [0.25, 0.3) is 11.0 Å². The van der Waals surface area contributed by atoms with Gasteiger partial charge < -0.3 is 9.84 Å². The molecular weight excluding hydrogens is 449 g/mol. The summed E-state index contributed by atoms with van der Waals surface area (Å²) in [6, 6.07) is 10.4. The largest absolute Gasteiger partial charge is 0.354 e. The minimum atomic E-state index is -4.20. The van der Waals surface area contributed by atoms with Crippen LogP contribution in [0.4, 0.5) is 10.2 Å². The molecule has 0 fully saturated rings. The molecule has 2 N–H and O–H groups in total. The molecule has 0 atom stereocenters. The Kier molecular flexibility index (Phi) is 5.85. The topological polar surface area (TPSA) is 119 Å². The number of hydrogen-bond donors (Lipinski definition) is 2. The van der Waals surface area contributed by atoms with Gasteiger partial charge in [0.1, 0.15) is 10.7 Å². The van der Waals surface area contributed by atoms with E-state index in [1.807, 2.05) is 12.0 Å². The van der Waals surface area contributed by atoms with E-state index in [1.54, 1.807) is 29.9 Å². The quantitative estimate of drug-likeness (QED) is 0.403. The molecule has 33 heavy (non-hydrogen) atoms. The van der Waals surface area contributed by atoms with Crippen molar-refractivity contribution >= 4 is 32.7 Å². The number of aryl methyl sites for hydroxylation is 1. The van der Waals surface area contributed by atoms with Crippen molar-refractivity contribution in [2.45, 2.75) is 24.9 Å². The Morgan fingerprint density at radius 1 is 1.27 bits per heavy atom. The van der Waals surface area contributed by atoms with Gasteiger partial charge >= 0.3 is 0 Å². The van der Waals surface area contributed by atoms with Crippen LogP contribution in [0.3, 0.4) is 0 Å². The number of carbonyl (C=O) groups is 1. The standard InChI is InChI=1S/C22H18FN5O4S/c1-3-20(29)24-12-16-8-9-28(25-16)13-15-10-14(2)21-18(11-15)32-26-22(21)27-33(30,31)19-7-5-4-6-17(19)23/h1,4-11H,12-13H2,2H3,(H,24,29)(H,26,27). The lowest BCUT2D eigenvalue weighted by Crippen LogP contribution is -2.20. The van der Waals surface area contributed by atoms with Gasteiger partial charge in [-0.2, -0.15) is 5.10 Å². The molecule has 0 aliphatic carbocycles. The molecule has 0 unspecified atom stereocenters. The second kappa shape index (κ2) is 8.76. The van der Waals surface area contributed by atoms with E-state index in [0.29, 0.717) is 28.8 Å². The Morgan fingerprint density at radius 2 is 2.06 bits per heavy atom. The number of amides is 1. The third-order valence-electron chi connectivity index (χ3n) is 4.79. The molecule has 0 radical (unpaired) electrons. The van der Waals surface area contributed by atoms with Crippen molar-refractivity contribution in [2.24, 2.45) is 0 Å². The predicted octanol–water partition coefficient (Wildman–Crippen LogP) is 2.57. The number of fused-ring (bicyclic) bond motifs is 1. The molecular formula is C22H18FN5O4S. The van der Waals surface area contributed by atoms with Crippen LogP contribution in [-0.2, 0) is 27.9 Å². The average Bonchev–Trinajstić information content (AvgIpc) is 3.39. The highest BCUT2D eigenvalue weighted by Crippen LogP contribution is 2.30. The second-order valence-corrected chi connectivity index (χ2v) is 8.84. The van der Waals surface area contributed by atoms with Crippen LogP contribution in [0.2, 0.25) is 0 Å². The molecule has 11 heteroatoms. The lowest BCUT2D eigenvalue weighted by atomic mass is 10.1. The van der Waals surface area contributed by atoms with E-state index in [-0.39, 0.29) is 12.4 Å². The fraction of sp³-hybridized carbons (Fsp3) is 0.136. The van der Waals surface area contributed by atoms with Crippen LogP contribution in [0, 0.1) is 25.1 Å². The zero-order chi connectivity index (χ0) is 23.6. The maximum atomic E-state index is 14.0. The molecule has 9 nitrogen and oxygen atoms in total. The van der Waals surface area contributed by atoms with Gasteiger partial charge in [-0.1, -0.05) is 23.4 Å². The number of anilines is 1. The van der Waals surface area contributed by atoms with E-state index >= 15 is 0 Å². The number of halogens is 1. The average molecular weight is 467 g/mol. The molecule has 4 aromatic rings. The van der Waals surface area contributed by atoms with Gasteiger partial charge in [-0.15, -0.1) is 6.42 Å². The minimum absolute atomic E-state index is 0.0251. The van der Waals surface area contributed by atoms with Crippen LogP contribution in [0.15, 0.2) is 58.1 Å². The maximum absolute atomic E-state index is 14.0. The summed E-state index contributed by atoms with van der Waals surface area (Å²) in [6.45, 7) is 2.40. The highest BCUT2D eigenvalue weighted by atomic mass is 32.2. The third kappa shape index (κ3) is 4.70. The molecule has 0 saturated carbocycles. The zero-order valence-corrected chi connectivity index (χ0v) is 18.2. The summed E-state index contributed by atoms with van der Waals surface area (Å²) in [5.41, 5.74) is 2.55. The van der Waals surface area contributed by atoms with Gasteiger partial charge in [0.15, 0.2) is 11.4 Å². The van der Waals surface area contributed by atoms with Crippen molar-refractivity contribution in [1.82, 2.24) is 20.3 Å². The molecule has 2 aromatic carbocycles. The van der Waals surface area contributed by atoms with Crippen LogP contribution in [0.5, 0.6) is 0 Å². The van der Waals surface area contributed by atoms with E-state index in [1.165, 1.54) is 18.2 Å². The number of terminal acetylenes is 1. The van der Waals surface area contributed by atoms with Gasteiger partial charge in [-0.25, -0.2) is 12.8 Å². The van der Waals surface area contributed by atoms with Gasteiger partial charge in [-0.05, 0) is 48.2 Å². The fourth-order valence-corrected chi connectivity index (χ4v) is 4.43. The number of carbonyl (C=O) groups excluding carboxylic acids is 1. The van der Waals surface area contributed by atoms with Crippen molar-refractivity contribution in [1.29, 1.82) is 0 Å². The van der Waals surface area contributed by atoms with Crippen molar-refractivity contribution < 1.29 is 22.1 Å². The first-order valence-corrected chi connectivity index (χ1v) is 11.2. The van der Waals surface area contributed by atoms with Crippen LogP contribution in [-0.4, -0.2) is 29.3 Å². The van der Waals surface area contributed by atoms with Gasteiger partial charge in [0.05, 0.1) is 24.2 Å². The van der Waals surface area contributed by atoms with Crippen molar-refractivity contribution in [3.8, 4) is 12.3 Å². The first-order valence-electron chi connectivity index (χ1n) is 9.70. The maximum Gasteiger partial charge on any atom is 0.295 e. The van der Waals surface area contributed by atoms with Crippen LogP contribution < -0.4 is 10.0 Å². The normalized spacial score (nSPS) is 11.3. The molecule has 0 bridgehead atoms. The molecule has 168 valence electrons. The Labute approximate surface area is 188 Å². The highest BCUT2D eigenvalue weighted by Gasteiger charge is 2.22. The summed E-state index contributed by atoms with van der Waals surface area (Å²) in [7, 11) is -4.20. The molecule has 0 saturated heterocycles. The molecule has 0 aliphatic heterocycles. The summed E-state index contributed by atoms with van der Waals surface area (Å²) < 4.78 is 48.5. The Bertz CT molecular complexity index is 1500. The number of aromatic nitrogens is 3. The lowest BCUT2D eigenvalue weighted by molar-refractivity contribution is -0.115. The zero-order valence-electron chi connectivity index (χ0n) is 17.4. The van der Waals surface area contributed by atoms with Crippen LogP contribution in [0.1, 0.15) is 16.8 Å². The summed E-state index contributed by atoms with van der Waals surface area (Å²) in [6.07, 6.45) is 6.77. The summed E-state index contributed by atoms with van der Waals surface area (Å²) >= 11 is 0. The molecule has 0 aliphatic rings. The van der Waals surface area contributed by atoms with Gasteiger partial charge in [-0.3, -0.25) is 14.2 Å². The lowest BCUT2D eigenvalue weighted by Gasteiger charge is -2.08. The minimum Gasteiger partial charge on any atom is -0.354 e. The molecule has 2 aromatic heterocycles. The van der Waals surface area contributed by atoms with E-state index in [4.69, 9.17) is 10.9 Å². The first kappa shape index (κ1) is 22.0. The summed E-state index contributed by atoms with van der Waals surface area (Å²) in [4.78, 5) is 10.7. The van der Waals surface area contributed by atoms with E-state index in [9.17, 15) is 17.6 Å². The number of benzene rings is 2. The number of nitrogens with zero attached hydrogens (tertiary/aromatic N) is 3. The van der Waals surface area contributed by atoms with Crippen molar-refractivity contribution in [3.63, 3.8) is 0 Å². The number of nitrogens with one attached hydrogen (secondary N) is 2. The van der Waals surface area contributed by atoms with Crippen LogP contribution >= 0.6 is 0 Å². The molecule has 2 heterocycles. The number of sulfonamides is 1. The number of rotatable bonds is 7. The highest BCUT2D eigenvalue weighted by molar-refractivity contribution is 7.92. The Morgan fingerprint density at radius 3 is 2.82 bits per heavy atom. The Balaban J connectivity index is 1.55. The van der Waals surface area contributed by atoms with Gasteiger partial charge in [0, 0.05) is 6.20 Å². The van der Waals surface area contributed by atoms with E-state index in [0.717, 1.165) is 11.6 Å².